The molecule has 1 amide bonds. The summed E-state index contributed by atoms with van der Waals surface area (Å²) in [6.07, 6.45) is 6.46. The van der Waals surface area contributed by atoms with Crippen LogP contribution in [0.2, 0.25) is 0 Å². The van der Waals surface area contributed by atoms with Gasteiger partial charge in [-0.1, -0.05) is 13.3 Å². The molecule has 2 atom stereocenters. The van der Waals surface area contributed by atoms with Crippen LogP contribution in [0.15, 0.2) is 6.07 Å². The Labute approximate surface area is 136 Å². The van der Waals surface area contributed by atoms with Crippen LogP contribution in [0.5, 0.6) is 0 Å². The molecule has 2 heterocycles. The highest BCUT2D eigenvalue weighted by atomic mass is 16.3. The fraction of sp³-hybridized carbons (Fsp3) is 0.667. The van der Waals surface area contributed by atoms with Crippen LogP contribution < -0.4 is 10.6 Å². The maximum atomic E-state index is 11.9. The number of hydrogen-bond donors (Lipinski definition) is 2. The number of pyridine rings is 1. The third kappa shape index (κ3) is 2.24. The van der Waals surface area contributed by atoms with Gasteiger partial charge in [-0.25, -0.2) is 4.98 Å². The van der Waals surface area contributed by atoms with Gasteiger partial charge in [0.2, 0.25) is 0 Å². The number of primary amides is 1. The quantitative estimate of drug-likeness (QED) is 0.889. The minimum Gasteiger partial charge on any atom is -0.387 e. The van der Waals surface area contributed by atoms with Crippen LogP contribution in [-0.4, -0.2) is 34.7 Å². The van der Waals surface area contributed by atoms with E-state index in [2.05, 4.69) is 11.8 Å². The Balaban J connectivity index is 1.69. The summed E-state index contributed by atoms with van der Waals surface area (Å²) in [5.41, 5.74) is 7.71. The Morgan fingerprint density at radius 1 is 1.39 bits per heavy atom. The van der Waals surface area contributed by atoms with E-state index in [1.807, 2.05) is 6.07 Å². The van der Waals surface area contributed by atoms with Gasteiger partial charge in [0, 0.05) is 24.7 Å². The smallest absolute Gasteiger partial charge is 0.252 e. The Morgan fingerprint density at radius 3 is 2.83 bits per heavy atom. The van der Waals surface area contributed by atoms with Crippen molar-refractivity contribution in [3.63, 3.8) is 0 Å². The first-order valence-corrected chi connectivity index (χ1v) is 8.79. The van der Waals surface area contributed by atoms with Gasteiger partial charge in [-0.15, -0.1) is 0 Å². The SMILES string of the molecule is C[C@@H]1CN(c2nc3c(cc2C(N)=O)CCC3)C[C@@]1(O)C1CCC1. The molecule has 5 heteroatoms. The van der Waals surface area contributed by atoms with E-state index in [0.717, 1.165) is 49.9 Å². The van der Waals surface area contributed by atoms with Crippen molar-refractivity contribution in [2.45, 2.75) is 51.0 Å². The van der Waals surface area contributed by atoms with E-state index in [-0.39, 0.29) is 5.92 Å². The second-order valence-corrected chi connectivity index (χ2v) is 7.58. The first-order valence-electron chi connectivity index (χ1n) is 8.79. The van der Waals surface area contributed by atoms with Crippen LogP contribution in [0, 0.1) is 11.8 Å². The molecular weight excluding hydrogens is 290 g/mol. The molecule has 0 aromatic carbocycles. The molecule has 3 N–H and O–H groups in total. The molecule has 0 unspecified atom stereocenters. The lowest BCUT2D eigenvalue weighted by molar-refractivity contribution is -0.0615. The van der Waals surface area contributed by atoms with Gasteiger partial charge in [0.05, 0.1) is 11.2 Å². The van der Waals surface area contributed by atoms with Crippen LogP contribution in [0.1, 0.15) is 54.2 Å². The van der Waals surface area contributed by atoms with Gasteiger partial charge in [0.25, 0.3) is 5.91 Å². The average Bonchev–Trinajstić information content (AvgIpc) is 3.00. The van der Waals surface area contributed by atoms with Crippen molar-refractivity contribution >= 4 is 11.7 Å². The van der Waals surface area contributed by atoms with Crippen molar-refractivity contribution in [3.8, 4) is 0 Å². The van der Waals surface area contributed by atoms with E-state index >= 15 is 0 Å². The highest BCUT2D eigenvalue weighted by Gasteiger charge is 2.50. The minimum absolute atomic E-state index is 0.184. The molecule has 1 aliphatic heterocycles. The lowest BCUT2D eigenvalue weighted by Gasteiger charge is -2.41. The number of nitrogens with zero attached hydrogens (tertiary/aromatic N) is 2. The molecule has 4 rings (SSSR count). The molecule has 2 fully saturated rings. The number of anilines is 1. The van der Waals surface area contributed by atoms with Crippen LogP contribution in [0.4, 0.5) is 5.82 Å². The zero-order chi connectivity index (χ0) is 16.2. The fourth-order valence-corrected chi connectivity index (χ4v) is 4.50. The number of fused-ring (bicyclic) bond motifs is 1. The molecule has 0 radical (unpaired) electrons. The third-order valence-electron chi connectivity index (χ3n) is 6.20. The molecule has 0 spiro atoms. The maximum Gasteiger partial charge on any atom is 0.252 e. The third-order valence-corrected chi connectivity index (χ3v) is 6.20. The maximum absolute atomic E-state index is 11.9. The molecule has 1 aromatic rings. The molecule has 0 bridgehead atoms. The molecule has 1 saturated carbocycles. The summed E-state index contributed by atoms with van der Waals surface area (Å²) in [6.45, 7) is 3.40. The van der Waals surface area contributed by atoms with Gasteiger partial charge in [-0.3, -0.25) is 4.79 Å². The summed E-state index contributed by atoms with van der Waals surface area (Å²) in [4.78, 5) is 18.8. The van der Waals surface area contributed by atoms with E-state index in [1.54, 1.807) is 0 Å². The number of carbonyl (C=O) groups excluding carboxylic acids is 1. The number of amides is 1. The standard InChI is InChI=1S/C18H25N3O2/c1-11-9-21(10-18(11,23)13-5-3-6-13)17-14(16(19)22)8-12-4-2-7-15(12)20-17/h8,11,13,23H,2-7,9-10H2,1H3,(H2,19,22)/t11-,18+/m1/s1. The zero-order valence-corrected chi connectivity index (χ0v) is 13.7. The molecule has 5 nitrogen and oxygen atoms in total. The number of hydrogen-bond acceptors (Lipinski definition) is 4. The zero-order valence-electron chi connectivity index (χ0n) is 13.7. The Morgan fingerprint density at radius 2 is 2.17 bits per heavy atom. The van der Waals surface area contributed by atoms with Gasteiger partial charge in [0.15, 0.2) is 0 Å². The largest absolute Gasteiger partial charge is 0.387 e. The van der Waals surface area contributed by atoms with Gasteiger partial charge < -0.3 is 15.7 Å². The van der Waals surface area contributed by atoms with Crippen LogP contribution in [0.25, 0.3) is 0 Å². The van der Waals surface area contributed by atoms with Crippen molar-refractivity contribution < 1.29 is 9.90 Å². The van der Waals surface area contributed by atoms with Crippen LogP contribution in [-0.2, 0) is 12.8 Å². The first-order chi connectivity index (χ1) is 11.0. The first kappa shape index (κ1) is 14.9. The van der Waals surface area contributed by atoms with E-state index < -0.39 is 11.5 Å². The summed E-state index contributed by atoms with van der Waals surface area (Å²) in [7, 11) is 0. The molecule has 124 valence electrons. The average molecular weight is 315 g/mol. The molecule has 2 aliphatic carbocycles. The van der Waals surface area contributed by atoms with Gasteiger partial charge in [0.1, 0.15) is 5.82 Å². The molecule has 1 saturated heterocycles. The Kier molecular flexibility index (Phi) is 3.38. The Bertz CT molecular complexity index is 656. The van der Waals surface area contributed by atoms with Crippen molar-refractivity contribution in [2.24, 2.45) is 17.6 Å². The molecular formula is C18H25N3O2. The number of nitrogens with two attached hydrogens (primary N) is 1. The van der Waals surface area contributed by atoms with Crippen molar-refractivity contribution in [3.05, 3.63) is 22.9 Å². The fourth-order valence-electron chi connectivity index (χ4n) is 4.50. The number of aryl methyl sites for hydroxylation is 2. The van der Waals surface area contributed by atoms with Crippen molar-refractivity contribution in [2.75, 3.05) is 18.0 Å². The molecule has 1 aromatic heterocycles. The number of β-amino-alcohol motifs (C(OH)–C–C–N with tert-alkyl or cyclic N) is 1. The van der Waals surface area contributed by atoms with Crippen molar-refractivity contribution in [1.29, 1.82) is 0 Å². The highest BCUT2D eigenvalue weighted by molar-refractivity contribution is 5.98. The Hall–Kier alpha value is -1.62. The van der Waals surface area contributed by atoms with Gasteiger partial charge >= 0.3 is 0 Å². The summed E-state index contributed by atoms with van der Waals surface area (Å²) in [5, 5.41) is 11.1. The second kappa shape index (κ2) is 5.20. The number of carbonyl (C=O) groups is 1. The van der Waals surface area contributed by atoms with Crippen molar-refractivity contribution in [1.82, 2.24) is 4.98 Å². The molecule has 3 aliphatic rings. The lowest BCUT2D eigenvalue weighted by Crippen LogP contribution is -2.47. The summed E-state index contributed by atoms with van der Waals surface area (Å²) in [6, 6.07) is 1.93. The number of aromatic nitrogens is 1. The monoisotopic (exact) mass is 315 g/mol. The summed E-state index contributed by atoms with van der Waals surface area (Å²) >= 11 is 0. The van der Waals surface area contributed by atoms with Crippen LogP contribution in [0.3, 0.4) is 0 Å². The topological polar surface area (TPSA) is 79.5 Å². The normalized spacial score (nSPS) is 30.3. The lowest BCUT2D eigenvalue weighted by atomic mass is 9.69. The predicted octanol–water partition coefficient (Wildman–Crippen LogP) is 1.66. The molecule has 23 heavy (non-hydrogen) atoms. The van der Waals surface area contributed by atoms with Gasteiger partial charge in [-0.2, -0.15) is 0 Å². The summed E-state index contributed by atoms with van der Waals surface area (Å²) in [5.74, 6) is 0.826. The minimum atomic E-state index is -0.659. The van der Waals surface area contributed by atoms with Gasteiger partial charge in [-0.05, 0) is 49.7 Å². The van der Waals surface area contributed by atoms with Crippen LogP contribution >= 0.6 is 0 Å². The number of rotatable bonds is 3. The summed E-state index contributed by atoms with van der Waals surface area (Å²) < 4.78 is 0. The van der Waals surface area contributed by atoms with E-state index in [1.165, 1.54) is 6.42 Å². The highest BCUT2D eigenvalue weighted by Crippen LogP contribution is 2.45. The second-order valence-electron chi connectivity index (χ2n) is 7.58. The van der Waals surface area contributed by atoms with E-state index in [0.29, 0.717) is 23.8 Å². The number of aliphatic hydroxyl groups is 1. The van der Waals surface area contributed by atoms with E-state index in [4.69, 9.17) is 10.7 Å². The van der Waals surface area contributed by atoms with E-state index in [9.17, 15) is 9.90 Å². The predicted molar refractivity (Wildman–Crippen MR) is 88.4 cm³/mol.